The molecule has 0 unspecified atom stereocenters. The Hall–Kier alpha value is -2.28. The molecule has 1 N–H and O–H groups in total. The van der Waals surface area contributed by atoms with E-state index in [0.717, 1.165) is 37.1 Å². The van der Waals surface area contributed by atoms with Gasteiger partial charge in [0.05, 0.1) is 12.2 Å². The zero-order chi connectivity index (χ0) is 17.1. The van der Waals surface area contributed by atoms with E-state index in [4.69, 9.17) is 4.74 Å². The lowest BCUT2D eigenvalue weighted by molar-refractivity contribution is -0.00951. The lowest BCUT2D eigenvalue weighted by atomic mass is 9.97. The van der Waals surface area contributed by atoms with Gasteiger partial charge < -0.3 is 10.1 Å². The van der Waals surface area contributed by atoms with Crippen LogP contribution in [0.15, 0.2) is 30.6 Å². The summed E-state index contributed by atoms with van der Waals surface area (Å²) in [4.78, 5) is 12.3. The molecular weight excluding hydrogens is 316 g/mol. The van der Waals surface area contributed by atoms with Crippen molar-refractivity contribution in [1.82, 2.24) is 15.1 Å². The van der Waals surface area contributed by atoms with E-state index in [2.05, 4.69) is 10.4 Å². The van der Waals surface area contributed by atoms with Crippen molar-refractivity contribution >= 4 is 5.91 Å². The van der Waals surface area contributed by atoms with Crippen LogP contribution in [0, 0.1) is 11.6 Å². The molecule has 0 spiro atoms. The molecule has 2 heterocycles. The van der Waals surface area contributed by atoms with E-state index in [0.29, 0.717) is 6.61 Å². The summed E-state index contributed by atoms with van der Waals surface area (Å²) in [5.74, 6) is -2.46. The Labute approximate surface area is 138 Å². The highest BCUT2D eigenvalue weighted by Gasteiger charge is 2.30. The molecule has 1 aliphatic rings. The van der Waals surface area contributed by atoms with Crippen molar-refractivity contribution in [2.75, 3.05) is 6.61 Å². The fourth-order valence-corrected chi connectivity index (χ4v) is 2.85. The number of rotatable bonds is 4. The van der Waals surface area contributed by atoms with Gasteiger partial charge in [0.1, 0.15) is 6.10 Å². The zero-order valence-electron chi connectivity index (χ0n) is 13.3. The van der Waals surface area contributed by atoms with Gasteiger partial charge >= 0.3 is 0 Å². The molecule has 1 aromatic heterocycles. The van der Waals surface area contributed by atoms with Crippen molar-refractivity contribution in [2.45, 2.75) is 38.5 Å². The van der Waals surface area contributed by atoms with E-state index < -0.39 is 17.5 Å². The summed E-state index contributed by atoms with van der Waals surface area (Å²) in [5, 5.41) is 7.10. The molecule has 1 aliphatic heterocycles. The number of benzene rings is 1. The number of nitrogens with one attached hydrogen (secondary N) is 1. The average molecular weight is 335 g/mol. The Kier molecular flexibility index (Phi) is 4.89. The van der Waals surface area contributed by atoms with Gasteiger partial charge in [-0.1, -0.05) is 0 Å². The molecule has 1 saturated heterocycles. The number of nitrogens with zero attached hydrogens (tertiary/aromatic N) is 2. The van der Waals surface area contributed by atoms with Crippen LogP contribution in [-0.4, -0.2) is 28.3 Å². The number of ether oxygens (including phenoxy) is 1. The molecular formula is C17H19F2N3O2. The number of hydrogen-bond donors (Lipinski definition) is 1. The predicted molar refractivity (Wildman–Crippen MR) is 83.4 cm³/mol. The minimum atomic E-state index is -1.04. The fraction of sp³-hybridized carbons (Fsp3) is 0.412. The number of carbonyl (C=O) groups is 1. The number of aromatic nitrogens is 2. The van der Waals surface area contributed by atoms with Crippen LogP contribution < -0.4 is 5.32 Å². The highest BCUT2D eigenvalue weighted by atomic mass is 19.2. The molecule has 1 aromatic carbocycles. The highest BCUT2D eigenvalue weighted by Crippen LogP contribution is 2.28. The molecule has 5 nitrogen and oxygen atoms in total. The van der Waals surface area contributed by atoms with Crippen LogP contribution in [0.1, 0.15) is 41.8 Å². The molecule has 0 radical (unpaired) electrons. The molecule has 2 aromatic rings. The lowest BCUT2D eigenvalue weighted by Gasteiger charge is -2.31. The van der Waals surface area contributed by atoms with Gasteiger partial charge in [-0.3, -0.25) is 9.48 Å². The molecule has 2 atom stereocenters. The van der Waals surface area contributed by atoms with Gasteiger partial charge in [0.25, 0.3) is 5.91 Å². The second kappa shape index (κ2) is 7.09. The van der Waals surface area contributed by atoms with Crippen molar-refractivity contribution in [1.29, 1.82) is 0 Å². The number of carbonyl (C=O) groups excluding carboxylic acids is 1. The maximum absolute atomic E-state index is 13.3. The molecule has 7 heteroatoms. The van der Waals surface area contributed by atoms with E-state index in [9.17, 15) is 13.6 Å². The van der Waals surface area contributed by atoms with Crippen LogP contribution in [0.4, 0.5) is 8.78 Å². The fourth-order valence-electron chi connectivity index (χ4n) is 2.85. The van der Waals surface area contributed by atoms with Gasteiger partial charge in [-0.2, -0.15) is 5.10 Å². The number of aryl methyl sites for hydroxylation is 1. The van der Waals surface area contributed by atoms with E-state index in [1.54, 1.807) is 10.9 Å². The van der Waals surface area contributed by atoms with Crippen LogP contribution in [0.3, 0.4) is 0 Å². The number of halogens is 2. The lowest BCUT2D eigenvalue weighted by Crippen LogP contribution is -2.42. The van der Waals surface area contributed by atoms with Gasteiger partial charge in [0.2, 0.25) is 0 Å². The SMILES string of the molecule is CCn1cc([C@H]2OCCC[C@@H]2NC(=O)c2ccc(F)c(F)c2)cn1. The third-order valence-electron chi connectivity index (χ3n) is 4.13. The van der Waals surface area contributed by atoms with Crippen LogP contribution in [0.25, 0.3) is 0 Å². The number of amides is 1. The maximum atomic E-state index is 13.3. The summed E-state index contributed by atoms with van der Waals surface area (Å²) in [6.07, 6.45) is 4.90. The van der Waals surface area contributed by atoms with E-state index in [-0.39, 0.29) is 17.7 Å². The second-order valence-corrected chi connectivity index (χ2v) is 5.77. The average Bonchev–Trinajstić information content (AvgIpc) is 3.06. The molecule has 0 aliphatic carbocycles. The first-order valence-corrected chi connectivity index (χ1v) is 7.98. The monoisotopic (exact) mass is 335 g/mol. The topological polar surface area (TPSA) is 56.1 Å². The van der Waals surface area contributed by atoms with Crippen LogP contribution in [0.5, 0.6) is 0 Å². The van der Waals surface area contributed by atoms with Crippen molar-refractivity contribution < 1.29 is 18.3 Å². The second-order valence-electron chi connectivity index (χ2n) is 5.77. The minimum Gasteiger partial charge on any atom is -0.371 e. The Morgan fingerprint density at radius 2 is 2.25 bits per heavy atom. The van der Waals surface area contributed by atoms with Gasteiger partial charge in [-0.25, -0.2) is 8.78 Å². The molecule has 0 saturated carbocycles. The van der Waals surface area contributed by atoms with Crippen molar-refractivity contribution in [2.24, 2.45) is 0 Å². The standard InChI is InChI=1S/C17H19F2N3O2/c1-2-22-10-12(9-20-22)16-15(4-3-7-24-16)21-17(23)11-5-6-13(18)14(19)8-11/h5-6,8-10,15-16H,2-4,7H2,1H3,(H,21,23)/t15-,16+/m0/s1. The molecule has 3 rings (SSSR count). The Morgan fingerprint density at radius 1 is 1.42 bits per heavy atom. The summed E-state index contributed by atoms with van der Waals surface area (Å²) >= 11 is 0. The first kappa shape index (κ1) is 16.6. The van der Waals surface area contributed by atoms with Gasteiger partial charge in [0, 0.05) is 30.5 Å². The van der Waals surface area contributed by atoms with Crippen LogP contribution in [-0.2, 0) is 11.3 Å². The summed E-state index contributed by atoms with van der Waals surface area (Å²) in [6, 6.07) is 2.87. The Bertz CT molecular complexity index is 732. The van der Waals surface area contributed by atoms with Gasteiger partial charge in [0.15, 0.2) is 11.6 Å². The summed E-state index contributed by atoms with van der Waals surface area (Å²) in [6.45, 7) is 3.35. The van der Waals surface area contributed by atoms with E-state index >= 15 is 0 Å². The van der Waals surface area contributed by atoms with Crippen molar-refractivity contribution in [3.63, 3.8) is 0 Å². The normalized spacial score (nSPS) is 20.8. The Morgan fingerprint density at radius 3 is 2.96 bits per heavy atom. The number of hydrogen-bond acceptors (Lipinski definition) is 3. The summed E-state index contributed by atoms with van der Waals surface area (Å²) < 4.78 is 33.9. The Balaban J connectivity index is 1.75. The van der Waals surface area contributed by atoms with Gasteiger partial charge in [-0.05, 0) is 38.0 Å². The van der Waals surface area contributed by atoms with Crippen molar-refractivity contribution in [3.05, 3.63) is 53.4 Å². The van der Waals surface area contributed by atoms with Crippen molar-refractivity contribution in [3.8, 4) is 0 Å². The first-order chi connectivity index (χ1) is 11.6. The van der Waals surface area contributed by atoms with E-state index in [1.165, 1.54) is 6.07 Å². The molecule has 0 bridgehead atoms. The molecule has 1 amide bonds. The third kappa shape index (κ3) is 3.46. The van der Waals surface area contributed by atoms with E-state index in [1.807, 2.05) is 13.1 Å². The summed E-state index contributed by atoms with van der Waals surface area (Å²) in [5.41, 5.74) is 0.981. The largest absolute Gasteiger partial charge is 0.371 e. The quantitative estimate of drug-likeness (QED) is 0.935. The zero-order valence-corrected chi connectivity index (χ0v) is 13.3. The smallest absolute Gasteiger partial charge is 0.251 e. The van der Waals surface area contributed by atoms with Crippen LogP contribution >= 0.6 is 0 Å². The molecule has 24 heavy (non-hydrogen) atoms. The first-order valence-electron chi connectivity index (χ1n) is 7.98. The molecule has 1 fully saturated rings. The predicted octanol–water partition coefficient (Wildman–Crippen LogP) is 2.83. The minimum absolute atomic E-state index is 0.0856. The highest BCUT2D eigenvalue weighted by molar-refractivity contribution is 5.94. The maximum Gasteiger partial charge on any atom is 0.251 e. The third-order valence-corrected chi connectivity index (χ3v) is 4.13. The van der Waals surface area contributed by atoms with Crippen LogP contribution in [0.2, 0.25) is 0 Å². The molecule has 128 valence electrons. The summed E-state index contributed by atoms with van der Waals surface area (Å²) in [7, 11) is 0. The van der Waals surface area contributed by atoms with Gasteiger partial charge in [-0.15, -0.1) is 0 Å².